The maximum atomic E-state index is 11.7. The SMILES string of the molecule is Cc1ccnc(NC(=O)C(=O)NCc2ccncc2)c1. The van der Waals surface area contributed by atoms with Gasteiger partial charge in [0.2, 0.25) is 0 Å². The summed E-state index contributed by atoms with van der Waals surface area (Å²) in [5.74, 6) is -1.09. The van der Waals surface area contributed by atoms with Gasteiger partial charge >= 0.3 is 11.8 Å². The predicted octanol–water partition coefficient (Wildman–Crippen LogP) is 1.04. The van der Waals surface area contributed by atoms with Gasteiger partial charge in [0.15, 0.2) is 0 Å². The molecule has 6 nitrogen and oxygen atoms in total. The molecule has 0 aliphatic rings. The molecule has 0 saturated heterocycles. The zero-order chi connectivity index (χ0) is 14.4. The molecule has 0 radical (unpaired) electrons. The van der Waals surface area contributed by atoms with Gasteiger partial charge < -0.3 is 10.6 Å². The van der Waals surface area contributed by atoms with Crippen LogP contribution in [0.25, 0.3) is 0 Å². The van der Waals surface area contributed by atoms with E-state index < -0.39 is 11.8 Å². The maximum Gasteiger partial charge on any atom is 0.314 e. The van der Waals surface area contributed by atoms with E-state index >= 15 is 0 Å². The third-order valence-corrected chi connectivity index (χ3v) is 2.57. The molecule has 2 aromatic heterocycles. The van der Waals surface area contributed by atoms with Crippen molar-refractivity contribution in [3.05, 3.63) is 54.0 Å². The highest BCUT2D eigenvalue weighted by Gasteiger charge is 2.13. The zero-order valence-electron chi connectivity index (χ0n) is 11.0. The van der Waals surface area contributed by atoms with Gasteiger partial charge in [-0.2, -0.15) is 0 Å². The summed E-state index contributed by atoms with van der Waals surface area (Å²) in [5.41, 5.74) is 1.82. The van der Waals surface area contributed by atoms with E-state index in [-0.39, 0.29) is 6.54 Å². The van der Waals surface area contributed by atoms with Crippen molar-refractivity contribution >= 4 is 17.6 Å². The third-order valence-electron chi connectivity index (χ3n) is 2.57. The Morgan fingerprint density at radius 2 is 1.85 bits per heavy atom. The molecule has 102 valence electrons. The number of amides is 2. The molecule has 0 aliphatic heterocycles. The fourth-order valence-electron chi connectivity index (χ4n) is 1.54. The van der Waals surface area contributed by atoms with Crippen LogP contribution in [0.1, 0.15) is 11.1 Å². The second-order valence-corrected chi connectivity index (χ2v) is 4.21. The number of nitrogens with zero attached hydrogens (tertiary/aromatic N) is 2. The predicted molar refractivity (Wildman–Crippen MR) is 73.7 cm³/mol. The Morgan fingerprint density at radius 1 is 1.10 bits per heavy atom. The second kappa shape index (κ2) is 6.42. The summed E-state index contributed by atoms with van der Waals surface area (Å²) in [4.78, 5) is 31.1. The summed E-state index contributed by atoms with van der Waals surface area (Å²) < 4.78 is 0. The number of pyridine rings is 2. The fraction of sp³-hybridized carbons (Fsp3) is 0.143. The minimum Gasteiger partial charge on any atom is -0.344 e. The van der Waals surface area contributed by atoms with Crippen LogP contribution in [-0.4, -0.2) is 21.8 Å². The molecule has 2 heterocycles. The number of hydrogen-bond donors (Lipinski definition) is 2. The Hall–Kier alpha value is -2.76. The summed E-state index contributed by atoms with van der Waals surface area (Å²) >= 11 is 0. The molecule has 0 spiro atoms. The van der Waals surface area contributed by atoms with Crippen LogP contribution in [0.3, 0.4) is 0 Å². The average Bonchev–Trinajstić information content (AvgIpc) is 2.46. The minimum atomic E-state index is -0.739. The largest absolute Gasteiger partial charge is 0.344 e. The van der Waals surface area contributed by atoms with Crippen LogP contribution in [-0.2, 0) is 16.1 Å². The summed E-state index contributed by atoms with van der Waals surface area (Å²) in [6.07, 6.45) is 4.82. The summed E-state index contributed by atoms with van der Waals surface area (Å²) in [6, 6.07) is 7.02. The van der Waals surface area contributed by atoms with Gasteiger partial charge in [-0.05, 0) is 42.3 Å². The van der Waals surface area contributed by atoms with E-state index in [4.69, 9.17) is 0 Å². The van der Waals surface area contributed by atoms with E-state index in [1.807, 2.05) is 6.92 Å². The first-order valence-corrected chi connectivity index (χ1v) is 6.06. The Morgan fingerprint density at radius 3 is 2.55 bits per heavy atom. The molecule has 0 bridgehead atoms. The Kier molecular flexibility index (Phi) is 4.39. The first-order valence-electron chi connectivity index (χ1n) is 6.06. The first-order chi connectivity index (χ1) is 9.65. The molecule has 0 saturated carbocycles. The summed E-state index contributed by atoms with van der Waals surface area (Å²) in [6.45, 7) is 2.15. The van der Waals surface area contributed by atoms with Crippen molar-refractivity contribution in [1.29, 1.82) is 0 Å². The lowest BCUT2D eigenvalue weighted by molar-refractivity contribution is -0.136. The fourth-order valence-corrected chi connectivity index (χ4v) is 1.54. The van der Waals surface area contributed by atoms with Crippen molar-refractivity contribution < 1.29 is 9.59 Å². The smallest absolute Gasteiger partial charge is 0.314 e. The number of aryl methyl sites for hydroxylation is 1. The van der Waals surface area contributed by atoms with E-state index in [9.17, 15) is 9.59 Å². The normalized spacial score (nSPS) is 9.85. The molecular formula is C14H14N4O2. The van der Waals surface area contributed by atoms with Gasteiger partial charge in [0.05, 0.1) is 0 Å². The highest BCUT2D eigenvalue weighted by atomic mass is 16.2. The van der Waals surface area contributed by atoms with Crippen LogP contribution >= 0.6 is 0 Å². The van der Waals surface area contributed by atoms with Gasteiger partial charge in [-0.3, -0.25) is 14.6 Å². The number of carbonyl (C=O) groups is 2. The lowest BCUT2D eigenvalue weighted by Crippen LogP contribution is -2.35. The van der Waals surface area contributed by atoms with Gasteiger partial charge in [-0.1, -0.05) is 0 Å². The van der Waals surface area contributed by atoms with Gasteiger partial charge in [0.1, 0.15) is 5.82 Å². The quantitative estimate of drug-likeness (QED) is 0.816. The summed E-state index contributed by atoms with van der Waals surface area (Å²) in [5, 5.41) is 4.97. The van der Waals surface area contributed by atoms with E-state index in [1.54, 1.807) is 42.9 Å². The molecule has 20 heavy (non-hydrogen) atoms. The Bertz CT molecular complexity index is 614. The number of nitrogens with one attached hydrogen (secondary N) is 2. The van der Waals surface area contributed by atoms with Gasteiger partial charge in [0, 0.05) is 25.1 Å². The Labute approximate surface area is 116 Å². The van der Waals surface area contributed by atoms with Crippen molar-refractivity contribution in [1.82, 2.24) is 15.3 Å². The molecule has 0 unspecified atom stereocenters. The molecule has 0 aromatic carbocycles. The molecule has 2 amide bonds. The molecule has 0 aliphatic carbocycles. The first kappa shape index (κ1) is 13.7. The number of carbonyl (C=O) groups excluding carboxylic acids is 2. The summed E-state index contributed by atoms with van der Waals surface area (Å²) in [7, 11) is 0. The van der Waals surface area contributed by atoms with Crippen molar-refractivity contribution in [3.63, 3.8) is 0 Å². The van der Waals surface area contributed by atoms with Crippen molar-refractivity contribution in [2.24, 2.45) is 0 Å². The highest BCUT2D eigenvalue weighted by Crippen LogP contribution is 2.04. The standard InChI is InChI=1S/C14H14N4O2/c1-10-2-7-16-12(8-10)18-14(20)13(19)17-9-11-3-5-15-6-4-11/h2-8H,9H2,1H3,(H,17,19)(H,16,18,20). The maximum absolute atomic E-state index is 11.7. The van der Waals surface area contributed by atoms with E-state index in [0.717, 1.165) is 11.1 Å². The monoisotopic (exact) mass is 270 g/mol. The number of rotatable bonds is 3. The van der Waals surface area contributed by atoms with E-state index in [0.29, 0.717) is 5.82 Å². The average molecular weight is 270 g/mol. The van der Waals surface area contributed by atoms with Crippen LogP contribution in [0.15, 0.2) is 42.9 Å². The number of aromatic nitrogens is 2. The zero-order valence-corrected chi connectivity index (χ0v) is 11.0. The molecule has 0 fully saturated rings. The third kappa shape index (κ3) is 3.88. The highest BCUT2D eigenvalue weighted by molar-refractivity contribution is 6.39. The molecule has 0 atom stereocenters. The van der Waals surface area contributed by atoms with Crippen molar-refractivity contribution in [2.75, 3.05) is 5.32 Å². The Balaban J connectivity index is 1.88. The topological polar surface area (TPSA) is 84.0 Å². The minimum absolute atomic E-state index is 0.274. The van der Waals surface area contributed by atoms with E-state index in [1.165, 1.54) is 0 Å². The molecular weight excluding hydrogens is 256 g/mol. The van der Waals surface area contributed by atoms with E-state index in [2.05, 4.69) is 20.6 Å². The molecule has 2 rings (SSSR count). The van der Waals surface area contributed by atoms with Crippen molar-refractivity contribution in [2.45, 2.75) is 13.5 Å². The van der Waals surface area contributed by atoms with Crippen LogP contribution < -0.4 is 10.6 Å². The second-order valence-electron chi connectivity index (χ2n) is 4.21. The van der Waals surface area contributed by atoms with Crippen LogP contribution in [0.2, 0.25) is 0 Å². The number of anilines is 1. The van der Waals surface area contributed by atoms with Gasteiger partial charge in [-0.25, -0.2) is 4.98 Å². The van der Waals surface area contributed by atoms with Crippen LogP contribution in [0.4, 0.5) is 5.82 Å². The van der Waals surface area contributed by atoms with Gasteiger partial charge in [0.25, 0.3) is 0 Å². The molecule has 2 N–H and O–H groups in total. The van der Waals surface area contributed by atoms with Crippen LogP contribution in [0, 0.1) is 6.92 Å². The lowest BCUT2D eigenvalue weighted by Gasteiger charge is -2.06. The lowest BCUT2D eigenvalue weighted by atomic mass is 10.2. The van der Waals surface area contributed by atoms with Gasteiger partial charge in [-0.15, -0.1) is 0 Å². The number of hydrogen-bond acceptors (Lipinski definition) is 4. The molecule has 6 heteroatoms. The molecule has 2 aromatic rings. The van der Waals surface area contributed by atoms with Crippen LogP contribution in [0.5, 0.6) is 0 Å². The van der Waals surface area contributed by atoms with Crippen molar-refractivity contribution in [3.8, 4) is 0 Å².